The average Bonchev–Trinajstić information content (AvgIpc) is 3.01. The maximum Gasteiger partial charge on any atom is 0.319 e. The number of amides is 5. The van der Waals surface area contributed by atoms with Gasteiger partial charge in [0.25, 0.3) is 0 Å². The molecule has 204 valence electrons. The third-order valence-electron chi connectivity index (χ3n) is 6.44. The highest BCUT2D eigenvalue weighted by molar-refractivity contribution is 6.02. The van der Waals surface area contributed by atoms with Gasteiger partial charge < -0.3 is 31.1 Å². The summed E-state index contributed by atoms with van der Waals surface area (Å²) in [5, 5.41) is 11.4. The predicted molar refractivity (Wildman–Crippen MR) is 156 cm³/mol. The molecule has 1 unspecified atom stereocenters. The number of hydrogen-bond donors (Lipinski definition) is 4. The molecule has 0 fully saturated rings. The number of hydrogen-bond acceptors (Lipinski definition) is 4. The number of aryl methyl sites for hydroxylation is 1. The van der Waals surface area contributed by atoms with Gasteiger partial charge in [0.15, 0.2) is 0 Å². The van der Waals surface area contributed by atoms with E-state index in [0.717, 1.165) is 22.5 Å². The van der Waals surface area contributed by atoms with Gasteiger partial charge in [0.05, 0.1) is 6.54 Å². The molecule has 9 heteroatoms. The number of nitrogens with zero attached hydrogens (tertiary/aromatic N) is 2. The molecular formula is C30H36N6O3. The number of urea groups is 2. The van der Waals surface area contributed by atoms with Crippen LogP contribution < -0.4 is 31.1 Å². The fourth-order valence-electron chi connectivity index (χ4n) is 4.54. The molecule has 0 aromatic heterocycles. The van der Waals surface area contributed by atoms with Crippen molar-refractivity contribution in [2.24, 2.45) is 0 Å². The molecule has 0 aliphatic carbocycles. The molecule has 3 aromatic rings. The van der Waals surface area contributed by atoms with Crippen molar-refractivity contribution in [3.63, 3.8) is 0 Å². The van der Waals surface area contributed by atoms with Gasteiger partial charge in [-0.15, -0.1) is 0 Å². The number of carbonyl (C=O) groups is 3. The predicted octanol–water partition coefficient (Wildman–Crippen LogP) is 4.95. The Morgan fingerprint density at radius 1 is 0.923 bits per heavy atom. The molecule has 0 spiro atoms. The Hall–Kier alpha value is -4.53. The Balaban J connectivity index is 1.50. The minimum atomic E-state index is -0.698. The minimum Gasteiger partial charge on any atom is -0.378 e. The van der Waals surface area contributed by atoms with E-state index in [9.17, 15) is 14.4 Å². The van der Waals surface area contributed by atoms with Crippen molar-refractivity contribution in [2.75, 3.05) is 34.5 Å². The summed E-state index contributed by atoms with van der Waals surface area (Å²) in [6.45, 7) is 4.08. The van der Waals surface area contributed by atoms with Gasteiger partial charge in [0, 0.05) is 42.9 Å². The van der Waals surface area contributed by atoms with Gasteiger partial charge in [0.2, 0.25) is 5.91 Å². The lowest BCUT2D eigenvalue weighted by molar-refractivity contribution is -0.120. The molecule has 1 aliphatic rings. The van der Waals surface area contributed by atoms with Crippen molar-refractivity contribution < 1.29 is 14.4 Å². The van der Waals surface area contributed by atoms with Gasteiger partial charge in [-0.1, -0.05) is 30.3 Å². The van der Waals surface area contributed by atoms with Crippen molar-refractivity contribution in [1.29, 1.82) is 0 Å². The second-order valence-corrected chi connectivity index (χ2v) is 10.1. The molecule has 0 saturated heterocycles. The smallest absolute Gasteiger partial charge is 0.319 e. The largest absolute Gasteiger partial charge is 0.378 e. The van der Waals surface area contributed by atoms with Gasteiger partial charge in [-0.3, -0.25) is 4.79 Å². The Morgan fingerprint density at radius 2 is 1.64 bits per heavy atom. The summed E-state index contributed by atoms with van der Waals surface area (Å²) in [6, 6.07) is 21.3. The third kappa shape index (κ3) is 7.28. The lowest BCUT2D eigenvalue weighted by atomic mass is 10.1. The number of carbonyl (C=O) groups excluding carboxylic acids is 3. The van der Waals surface area contributed by atoms with E-state index in [4.69, 9.17) is 0 Å². The number of anilines is 4. The van der Waals surface area contributed by atoms with Crippen LogP contribution in [0.5, 0.6) is 0 Å². The van der Waals surface area contributed by atoms with E-state index in [1.165, 1.54) is 0 Å². The van der Waals surface area contributed by atoms with Crippen LogP contribution in [0.4, 0.5) is 32.3 Å². The first kappa shape index (κ1) is 27.5. The lowest BCUT2D eigenvalue weighted by Gasteiger charge is -2.26. The number of para-hydroxylation sites is 1. The fourth-order valence-corrected chi connectivity index (χ4v) is 4.54. The molecule has 4 rings (SSSR count). The zero-order valence-electron chi connectivity index (χ0n) is 22.8. The van der Waals surface area contributed by atoms with Crippen molar-refractivity contribution in [2.45, 2.75) is 45.3 Å². The van der Waals surface area contributed by atoms with E-state index in [-0.39, 0.29) is 18.0 Å². The SMILES string of the molecule is CC(C)NC(=O)Nc1cccc(CN2C(=O)C(NC(=O)Nc3ccc(N(C)C)cc3)CCc3ccccc32)c1. The number of benzene rings is 3. The second kappa shape index (κ2) is 12.3. The van der Waals surface area contributed by atoms with E-state index in [0.29, 0.717) is 30.8 Å². The first-order chi connectivity index (χ1) is 18.7. The summed E-state index contributed by atoms with van der Waals surface area (Å²) < 4.78 is 0. The summed E-state index contributed by atoms with van der Waals surface area (Å²) >= 11 is 0. The molecule has 0 radical (unpaired) electrons. The van der Waals surface area contributed by atoms with Crippen LogP contribution in [-0.2, 0) is 17.8 Å². The van der Waals surface area contributed by atoms with E-state index < -0.39 is 12.1 Å². The first-order valence-electron chi connectivity index (χ1n) is 13.1. The molecular weight excluding hydrogens is 492 g/mol. The molecule has 1 heterocycles. The minimum absolute atomic E-state index is 0.0125. The van der Waals surface area contributed by atoms with Crippen LogP contribution in [0, 0.1) is 0 Å². The van der Waals surface area contributed by atoms with Crippen LogP contribution in [-0.4, -0.2) is 44.1 Å². The van der Waals surface area contributed by atoms with Gasteiger partial charge in [-0.05, 0) is 80.3 Å². The van der Waals surface area contributed by atoms with Crippen molar-refractivity contribution in [3.05, 3.63) is 83.9 Å². The monoisotopic (exact) mass is 528 g/mol. The maximum atomic E-state index is 13.8. The molecule has 0 saturated carbocycles. The second-order valence-electron chi connectivity index (χ2n) is 10.1. The molecule has 1 aliphatic heterocycles. The van der Waals surface area contributed by atoms with E-state index in [1.54, 1.807) is 11.0 Å². The Bertz CT molecular complexity index is 1320. The van der Waals surface area contributed by atoms with Crippen LogP contribution in [0.2, 0.25) is 0 Å². The molecule has 1 atom stereocenters. The summed E-state index contributed by atoms with van der Waals surface area (Å²) in [7, 11) is 3.90. The number of rotatable bonds is 7. The quantitative estimate of drug-likeness (QED) is 0.348. The molecule has 4 N–H and O–H groups in total. The van der Waals surface area contributed by atoms with E-state index >= 15 is 0 Å². The highest BCUT2D eigenvalue weighted by atomic mass is 16.2. The first-order valence-corrected chi connectivity index (χ1v) is 13.1. The topological polar surface area (TPSA) is 106 Å². The lowest BCUT2D eigenvalue weighted by Crippen LogP contribution is -2.49. The zero-order chi connectivity index (χ0) is 27.9. The average molecular weight is 529 g/mol. The molecule has 39 heavy (non-hydrogen) atoms. The van der Waals surface area contributed by atoms with Gasteiger partial charge >= 0.3 is 12.1 Å². The van der Waals surface area contributed by atoms with Crippen molar-refractivity contribution in [1.82, 2.24) is 10.6 Å². The summed E-state index contributed by atoms with van der Waals surface area (Å²) in [6.07, 6.45) is 1.13. The van der Waals surface area contributed by atoms with Crippen molar-refractivity contribution in [3.8, 4) is 0 Å². The highest BCUT2D eigenvalue weighted by Crippen LogP contribution is 2.29. The van der Waals surface area contributed by atoms with Crippen LogP contribution in [0.1, 0.15) is 31.4 Å². The summed E-state index contributed by atoms with van der Waals surface area (Å²) in [5.41, 5.74) is 5.02. The summed E-state index contributed by atoms with van der Waals surface area (Å²) in [4.78, 5) is 42.5. The third-order valence-corrected chi connectivity index (χ3v) is 6.44. The maximum absolute atomic E-state index is 13.8. The molecule has 0 bridgehead atoms. The fraction of sp³-hybridized carbons (Fsp3) is 0.300. The van der Waals surface area contributed by atoms with E-state index in [1.807, 2.05) is 99.6 Å². The van der Waals surface area contributed by atoms with Crippen LogP contribution >= 0.6 is 0 Å². The normalized spacial score (nSPS) is 14.7. The van der Waals surface area contributed by atoms with Crippen LogP contribution in [0.15, 0.2) is 72.8 Å². The highest BCUT2D eigenvalue weighted by Gasteiger charge is 2.31. The van der Waals surface area contributed by atoms with Crippen LogP contribution in [0.25, 0.3) is 0 Å². The Kier molecular flexibility index (Phi) is 8.70. The van der Waals surface area contributed by atoms with Gasteiger partial charge in [0.1, 0.15) is 6.04 Å². The van der Waals surface area contributed by atoms with E-state index in [2.05, 4.69) is 21.3 Å². The Morgan fingerprint density at radius 3 is 2.36 bits per heavy atom. The van der Waals surface area contributed by atoms with Crippen molar-refractivity contribution >= 4 is 40.7 Å². The standard InChI is InChI=1S/C30H36N6O3/c1-20(2)31-29(38)33-24-10-7-8-21(18-24)19-36-27-11-6-5-9-22(27)12-17-26(28(36)37)34-30(39)32-23-13-15-25(16-14-23)35(3)4/h5-11,13-16,18,20,26H,12,17,19H2,1-4H3,(H2,31,33,38)(H2,32,34,39). The zero-order valence-corrected chi connectivity index (χ0v) is 22.8. The van der Waals surface area contributed by atoms with Crippen LogP contribution in [0.3, 0.4) is 0 Å². The molecule has 9 nitrogen and oxygen atoms in total. The summed E-state index contributed by atoms with van der Waals surface area (Å²) in [5.74, 6) is -0.186. The van der Waals surface area contributed by atoms with Gasteiger partial charge in [-0.2, -0.15) is 0 Å². The molecule has 5 amide bonds. The molecule has 3 aromatic carbocycles. The Labute approximate surface area is 229 Å². The number of nitrogens with one attached hydrogen (secondary N) is 4. The van der Waals surface area contributed by atoms with Gasteiger partial charge in [-0.25, -0.2) is 9.59 Å². The number of fused-ring (bicyclic) bond motifs is 1.